The molecule has 6 nitrogen and oxygen atoms in total. The summed E-state index contributed by atoms with van der Waals surface area (Å²) in [6.07, 6.45) is 0.282. The molecule has 4 aromatic rings. The second kappa shape index (κ2) is 11.5. The second-order valence-electron chi connectivity index (χ2n) is 9.39. The Morgan fingerprint density at radius 1 is 0.897 bits per heavy atom. The number of benzene rings is 4. The van der Waals surface area contributed by atoms with Crippen LogP contribution in [-0.2, 0) is 22.6 Å². The molecule has 0 aromatic heterocycles. The lowest BCUT2D eigenvalue weighted by Gasteiger charge is -2.33. The summed E-state index contributed by atoms with van der Waals surface area (Å²) in [5.74, 6) is -0.934. The van der Waals surface area contributed by atoms with Crippen LogP contribution in [0.4, 0.5) is 5.69 Å². The lowest BCUT2D eigenvalue weighted by atomic mass is 10.0. The highest BCUT2D eigenvalue weighted by molar-refractivity contribution is 6.36. The van der Waals surface area contributed by atoms with Gasteiger partial charge < -0.3 is 10.2 Å². The average molecular weight is 560 g/mol. The SMILES string of the molecule is CCNC(=O)[C@@H](Cc1ccccc1)N(Cc1c(Cl)cccc1Cl)C(=O)CN1C(=O)c2cccc3cccc1c23. The summed E-state index contributed by atoms with van der Waals surface area (Å²) in [7, 11) is 0. The fraction of sp³-hybridized carbons (Fsp3) is 0.194. The maximum absolute atomic E-state index is 14.1. The van der Waals surface area contributed by atoms with E-state index in [-0.39, 0.29) is 31.3 Å². The van der Waals surface area contributed by atoms with Crippen LogP contribution in [0.3, 0.4) is 0 Å². The zero-order valence-electron chi connectivity index (χ0n) is 21.4. The molecule has 4 aromatic carbocycles. The number of hydrogen-bond acceptors (Lipinski definition) is 3. The first-order chi connectivity index (χ1) is 18.9. The minimum atomic E-state index is -0.858. The highest BCUT2D eigenvalue weighted by Crippen LogP contribution is 2.37. The lowest BCUT2D eigenvalue weighted by Crippen LogP contribution is -2.53. The van der Waals surface area contributed by atoms with Crippen LogP contribution in [-0.4, -0.2) is 41.8 Å². The Kier molecular flexibility index (Phi) is 7.87. The highest BCUT2D eigenvalue weighted by atomic mass is 35.5. The number of halogens is 2. The first-order valence-electron chi connectivity index (χ1n) is 12.8. The third kappa shape index (κ3) is 5.35. The van der Waals surface area contributed by atoms with E-state index in [1.54, 1.807) is 24.3 Å². The molecule has 1 N–H and O–H groups in total. The molecular formula is C31H27Cl2N3O3. The quantitative estimate of drug-likeness (QED) is 0.278. The van der Waals surface area contributed by atoms with Crippen LogP contribution in [0.5, 0.6) is 0 Å². The van der Waals surface area contributed by atoms with Crippen molar-refractivity contribution in [3.63, 3.8) is 0 Å². The van der Waals surface area contributed by atoms with Crippen molar-refractivity contribution in [1.82, 2.24) is 10.2 Å². The molecule has 0 unspecified atom stereocenters. The second-order valence-corrected chi connectivity index (χ2v) is 10.2. The van der Waals surface area contributed by atoms with E-state index in [0.717, 1.165) is 16.3 Å². The van der Waals surface area contributed by atoms with E-state index in [4.69, 9.17) is 23.2 Å². The van der Waals surface area contributed by atoms with Gasteiger partial charge in [-0.15, -0.1) is 0 Å². The molecule has 1 heterocycles. The number of anilines is 1. The van der Waals surface area contributed by atoms with Crippen LogP contribution in [0.15, 0.2) is 84.9 Å². The molecule has 0 bridgehead atoms. The average Bonchev–Trinajstić information content (AvgIpc) is 3.20. The van der Waals surface area contributed by atoms with E-state index in [2.05, 4.69) is 5.32 Å². The molecule has 0 aliphatic carbocycles. The molecule has 198 valence electrons. The number of amides is 3. The summed E-state index contributed by atoms with van der Waals surface area (Å²) in [5, 5.41) is 5.41. The first-order valence-corrected chi connectivity index (χ1v) is 13.5. The predicted molar refractivity (Wildman–Crippen MR) is 155 cm³/mol. The Hall–Kier alpha value is -3.87. The van der Waals surface area contributed by atoms with Crippen molar-refractivity contribution < 1.29 is 14.4 Å². The Labute approximate surface area is 237 Å². The Bertz CT molecular complexity index is 1530. The zero-order chi connectivity index (χ0) is 27.5. The summed E-state index contributed by atoms with van der Waals surface area (Å²) >= 11 is 13.0. The predicted octanol–water partition coefficient (Wildman–Crippen LogP) is 5.88. The van der Waals surface area contributed by atoms with E-state index >= 15 is 0 Å². The van der Waals surface area contributed by atoms with Crippen molar-refractivity contribution in [1.29, 1.82) is 0 Å². The van der Waals surface area contributed by atoms with E-state index in [1.807, 2.05) is 67.6 Å². The first kappa shape index (κ1) is 26.7. The van der Waals surface area contributed by atoms with Gasteiger partial charge in [-0.1, -0.05) is 83.9 Å². The molecule has 0 fully saturated rings. The van der Waals surface area contributed by atoms with Crippen LogP contribution in [0.2, 0.25) is 10.0 Å². The summed E-state index contributed by atoms with van der Waals surface area (Å²) in [4.78, 5) is 44.0. The van der Waals surface area contributed by atoms with Gasteiger partial charge in [0.05, 0.1) is 5.69 Å². The summed E-state index contributed by atoms with van der Waals surface area (Å²) < 4.78 is 0. The monoisotopic (exact) mass is 559 g/mol. The fourth-order valence-electron chi connectivity index (χ4n) is 5.06. The van der Waals surface area contributed by atoms with Gasteiger partial charge >= 0.3 is 0 Å². The third-order valence-corrected chi connectivity index (χ3v) is 7.66. The van der Waals surface area contributed by atoms with E-state index in [9.17, 15) is 14.4 Å². The minimum absolute atomic E-state index is 0.00511. The fourth-order valence-corrected chi connectivity index (χ4v) is 5.58. The van der Waals surface area contributed by atoms with Gasteiger partial charge in [-0.25, -0.2) is 0 Å². The van der Waals surface area contributed by atoms with Crippen molar-refractivity contribution in [3.8, 4) is 0 Å². The van der Waals surface area contributed by atoms with Crippen LogP contribution in [0.25, 0.3) is 10.8 Å². The third-order valence-electron chi connectivity index (χ3n) is 6.95. The lowest BCUT2D eigenvalue weighted by molar-refractivity contribution is -0.140. The molecule has 0 saturated heterocycles. The topological polar surface area (TPSA) is 69.7 Å². The minimum Gasteiger partial charge on any atom is -0.355 e. The Balaban J connectivity index is 1.54. The molecule has 8 heteroatoms. The van der Waals surface area contributed by atoms with Crippen LogP contribution in [0, 0.1) is 0 Å². The van der Waals surface area contributed by atoms with Gasteiger partial charge in [-0.2, -0.15) is 0 Å². The molecule has 0 spiro atoms. The number of nitrogens with zero attached hydrogens (tertiary/aromatic N) is 2. The molecule has 3 amide bonds. The number of hydrogen-bond donors (Lipinski definition) is 1. The normalized spacial score (nSPS) is 13.0. The molecule has 39 heavy (non-hydrogen) atoms. The summed E-state index contributed by atoms with van der Waals surface area (Å²) in [5.41, 5.74) is 2.66. The van der Waals surface area contributed by atoms with Gasteiger partial charge in [0.1, 0.15) is 12.6 Å². The van der Waals surface area contributed by atoms with E-state index < -0.39 is 11.9 Å². The Morgan fingerprint density at radius 2 is 1.56 bits per heavy atom. The maximum Gasteiger partial charge on any atom is 0.259 e. The van der Waals surface area contributed by atoms with Crippen molar-refractivity contribution in [2.24, 2.45) is 0 Å². The van der Waals surface area contributed by atoms with E-state index in [0.29, 0.717) is 33.4 Å². The molecule has 5 rings (SSSR count). The molecule has 0 saturated carbocycles. The Morgan fingerprint density at radius 3 is 2.26 bits per heavy atom. The maximum atomic E-state index is 14.1. The number of nitrogens with one attached hydrogen (secondary N) is 1. The molecule has 1 atom stereocenters. The van der Waals surface area contributed by atoms with Gasteiger partial charge in [-0.3, -0.25) is 19.3 Å². The van der Waals surface area contributed by atoms with Crippen LogP contribution < -0.4 is 10.2 Å². The van der Waals surface area contributed by atoms with Gasteiger partial charge in [0.2, 0.25) is 11.8 Å². The smallest absolute Gasteiger partial charge is 0.259 e. The summed E-state index contributed by atoms with van der Waals surface area (Å²) in [6.45, 7) is 2.00. The number of rotatable bonds is 9. The summed E-state index contributed by atoms with van der Waals surface area (Å²) in [6, 6.07) is 25.0. The van der Waals surface area contributed by atoms with Crippen LogP contribution in [0.1, 0.15) is 28.4 Å². The van der Waals surface area contributed by atoms with E-state index in [1.165, 1.54) is 9.80 Å². The standard InChI is InChI=1S/C31H27Cl2N3O3/c1-2-34-30(38)27(17-20-9-4-3-5-10-20)35(18-23-24(32)14-8-15-25(23)33)28(37)19-36-26-16-7-12-21-11-6-13-22(29(21)26)31(36)39/h3-16,27H,2,17-19H2,1H3,(H,34,38)/t27-/m1/s1. The largest absolute Gasteiger partial charge is 0.355 e. The van der Waals surface area contributed by atoms with Gasteiger partial charge in [-0.05, 0) is 42.1 Å². The molecule has 0 radical (unpaired) electrons. The molecule has 1 aliphatic heterocycles. The number of carbonyl (C=O) groups is 3. The molecule has 1 aliphatic rings. The van der Waals surface area contributed by atoms with Crippen LogP contribution >= 0.6 is 23.2 Å². The van der Waals surface area contributed by atoms with Crippen molar-refractivity contribution in [3.05, 3.63) is 112 Å². The van der Waals surface area contributed by atoms with Gasteiger partial charge in [0.15, 0.2) is 0 Å². The van der Waals surface area contributed by atoms with Gasteiger partial charge in [0, 0.05) is 46.1 Å². The number of carbonyl (C=O) groups excluding carboxylic acids is 3. The highest BCUT2D eigenvalue weighted by Gasteiger charge is 2.36. The van der Waals surface area contributed by atoms with Crippen molar-refractivity contribution in [2.45, 2.75) is 25.9 Å². The van der Waals surface area contributed by atoms with Gasteiger partial charge in [0.25, 0.3) is 5.91 Å². The number of likely N-dealkylation sites (N-methyl/N-ethyl adjacent to an activating group) is 1. The van der Waals surface area contributed by atoms with Crippen molar-refractivity contribution >= 4 is 57.4 Å². The van der Waals surface area contributed by atoms with Crippen molar-refractivity contribution in [2.75, 3.05) is 18.0 Å². The molecular weight excluding hydrogens is 533 g/mol. The zero-order valence-corrected chi connectivity index (χ0v) is 22.9.